The van der Waals surface area contributed by atoms with Gasteiger partial charge in [0.2, 0.25) is 0 Å². The van der Waals surface area contributed by atoms with Crippen LogP contribution in [-0.2, 0) is 19.3 Å². The van der Waals surface area contributed by atoms with E-state index in [1.54, 1.807) is 4.90 Å². The van der Waals surface area contributed by atoms with Gasteiger partial charge in [0.15, 0.2) is 9.84 Å². The highest BCUT2D eigenvalue weighted by Gasteiger charge is 2.44. The van der Waals surface area contributed by atoms with E-state index in [9.17, 15) is 13.2 Å². The molecule has 1 unspecified atom stereocenters. The summed E-state index contributed by atoms with van der Waals surface area (Å²) < 4.78 is 34.3. The van der Waals surface area contributed by atoms with Crippen molar-refractivity contribution in [2.24, 2.45) is 5.92 Å². The van der Waals surface area contributed by atoms with Crippen LogP contribution in [0.1, 0.15) is 20.8 Å². The lowest BCUT2D eigenvalue weighted by Gasteiger charge is -2.43. The number of hydrogen-bond acceptors (Lipinski definition) is 5. The van der Waals surface area contributed by atoms with Crippen molar-refractivity contribution in [3.8, 4) is 0 Å². The van der Waals surface area contributed by atoms with Crippen LogP contribution >= 0.6 is 0 Å². The largest absolute Gasteiger partial charge is 0.444 e. The monoisotopic (exact) mass is 291 g/mol. The average Bonchev–Trinajstić information content (AvgIpc) is 2.15. The second kappa shape index (κ2) is 4.94. The molecule has 2 aliphatic heterocycles. The molecule has 0 saturated carbocycles. The summed E-state index contributed by atoms with van der Waals surface area (Å²) in [4.78, 5) is 13.3. The number of rotatable bonds is 1. The molecule has 2 saturated heterocycles. The van der Waals surface area contributed by atoms with Gasteiger partial charge in [-0.25, -0.2) is 13.2 Å². The molecule has 1 amide bonds. The van der Waals surface area contributed by atoms with Gasteiger partial charge in [0.05, 0.1) is 24.2 Å². The number of ether oxygens (including phenoxy) is 2. The molecule has 0 aromatic carbocycles. The highest BCUT2D eigenvalue weighted by Crippen LogP contribution is 2.28. The van der Waals surface area contributed by atoms with E-state index in [1.807, 2.05) is 20.8 Å². The van der Waals surface area contributed by atoms with Crippen LogP contribution < -0.4 is 0 Å². The number of hydrogen-bond donors (Lipinski definition) is 0. The Labute approximate surface area is 114 Å². The normalized spacial score (nSPS) is 27.7. The zero-order valence-corrected chi connectivity index (χ0v) is 12.4. The minimum absolute atomic E-state index is 0.0298. The van der Waals surface area contributed by atoms with Gasteiger partial charge >= 0.3 is 6.09 Å². The van der Waals surface area contributed by atoms with E-state index in [2.05, 4.69) is 0 Å². The predicted molar refractivity (Wildman–Crippen MR) is 69.7 cm³/mol. The van der Waals surface area contributed by atoms with Crippen LogP contribution in [0, 0.1) is 5.92 Å². The SMILES string of the molecule is CC(C)(C)OC(=O)N1CC(C2COCCS2(=O)=O)C1. The molecule has 0 bridgehead atoms. The Balaban J connectivity index is 1.88. The van der Waals surface area contributed by atoms with Crippen molar-refractivity contribution >= 4 is 15.9 Å². The van der Waals surface area contributed by atoms with Gasteiger partial charge in [0.1, 0.15) is 5.60 Å². The van der Waals surface area contributed by atoms with Crippen LogP contribution in [0.3, 0.4) is 0 Å². The fourth-order valence-corrected chi connectivity index (χ4v) is 4.00. The van der Waals surface area contributed by atoms with E-state index in [-0.39, 0.29) is 31.0 Å². The molecule has 6 nitrogen and oxygen atoms in total. The number of likely N-dealkylation sites (tertiary alicyclic amines) is 1. The predicted octanol–water partition coefficient (Wildman–Crippen LogP) is 0.667. The van der Waals surface area contributed by atoms with Gasteiger partial charge in [-0.3, -0.25) is 0 Å². The third-order valence-corrected chi connectivity index (χ3v) is 5.52. The van der Waals surface area contributed by atoms with Gasteiger partial charge in [0, 0.05) is 19.0 Å². The summed E-state index contributed by atoms with van der Waals surface area (Å²) in [5, 5.41) is -0.472. The van der Waals surface area contributed by atoms with Crippen molar-refractivity contribution in [1.82, 2.24) is 4.90 Å². The Morgan fingerprint density at radius 3 is 2.47 bits per heavy atom. The Morgan fingerprint density at radius 2 is 1.95 bits per heavy atom. The molecule has 7 heteroatoms. The van der Waals surface area contributed by atoms with Gasteiger partial charge in [-0.15, -0.1) is 0 Å². The van der Waals surface area contributed by atoms with Crippen LogP contribution in [0.25, 0.3) is 0 Å². The minimum Gasteiger partial charge on any atom is -0.444 e. The summed E-state index contributed by atoms with van der Waals surface area (Å²) in [6.07, 6.45) is -0.377. The van der Waals surface area contributed by atoms with Gasteiger partial charge in [0.25, 0.3) is 0 Å². The Morgan fingerprint density at radius 1 is 1.32 bits per heavy atom. The number of amides is 1. The molecule has 2 aliphatic rings. The van der Waals surface area contributed by atoms with Gasteiger partial charge in [-0.05, 0) is 20.8 Å². The summed E-state index contributed by atoms with van der Waals surface area (Å²) in [5.41, 5.74) is -0.526. The number of nitrogens with zero attached hydrogens (tertiary/aromatic N) is 1. The summed E-state index contributed by atoms with van der Waals surface area (Å²) >= 11 is 0. The first-order valence-corrected chi connectivity index (χ1v) is 8.18. The van der Waals surface area contributed by atoms with Gasteiger partial charge in [-0.1, -0.05) is 0 Å². The number of sulfone groups is 1. The van der Waals surface area contributed by atoms with Crippen molar-refractivity contribution < 1.29 is 22.7 Å². The van der Waals surface area contributed by atoms with E-state index in [0.717, 1.165) is 0 Å². The van der Waals surface area contributed by atoms with E-state index in [0.29, 0.717) is 13.1 Å². The van der Waals surface area contributed by atoms with Crippen LogP contribution in [0.2, 0.25) is 0 Å². The maximum absolute atomic E-state index is 11.9. The molecule has 110 valence electrons. The zero-order valence-electron chi connectivity index (χ0n) is 11.6. The first kappa shape index (κ1) is 14.6. The topological polar surface area (TPSA) is 72.9 Å². The molecular weight excluding hydrogens is 270 g/mol. The fraction of sp³-hybridized carbons (Fsp3) is 0.917. The molecule has 0 spiro atoms. The molecule has 0 aromatic heterocycles. The summed E-state index contributed by atoms with van der Waals surface area (Å²) in [7, 11) is -3.07. The second-order valence-electron chi connectivity index (χ2n) is 6.13. The zero-order chi connectivity index (χ0) is 14.3. The molecular formula is C12H21NO5S. The van der Waals surface area contributed by atoms with Crippen molar-refractivity contribution in [2.75, 3.05) is 32.1 Å². The molecule has 2 heterocycles. The Kier molecular flexibility index (Phi) is 3.79. The lowest BCUT2D eigenvalue weighted by Crippen LogP contribution is -2.59. The van der Waals surface area contributed by atoms with Crippen LogP contribution in [0.4, 0.5) is 4.79 Å². The standard InChI is InChI=1S/C12H21NO5S/c1-12(2,3)18-11(14)13-6-9(7-13)10-8-17-4-5-19(10,15)16/h9-10H,4-8H2,1-3H3. The number of carbonyl (C=O) groups excluding carboxylic acids is 1. The third kappa shape index (κ3) is 3.39. The quantitative estimate of drug-likeness (QED) is 0.710. The molecule has 0 radical (unpaired) electrons. The van der Waals surface area contributed by atoms with Crippen LogP contribution in [0.5, 0.6) is 0 Å². The number of carbonyl (C=O) groups is 1. The van der Waals surface area contributed by atoms with E-state index in [1.165, 1.54) is 0 Å². The van der Waals surface area contributed by atoms with Crippen LogP contribution in [-0.4, -0.2) is 62.3 Å². The smallest absolute Gasteiger partial charge is 0.410 e. The molecule has 2 rings (SSSR count). The van der Waals surface area contributed by atoms with Gasteiger partial charge in [-0.2, -0.15) is 0 Å². The lowest BCUT2D eigenvalue weighted by molar-refractivity contribution is -0.00686. The summed E-state index contributed by atoms with van der Waals surface area (Å²) in [5.74, 6) is 0.0541. The molecule has 0 aliphatic carbocycles. The maximum atomic E-state index is 11.9. The average molecular weight is 291 g/mol. The van der Waals surface area contributed by atoms with E-state index >= 15 is 0 Å². The van der Waals surface area contributed by atoms with E-state index < -0.39 is 20.7 Å². The van der Waals surface area contributed by atoms with E-state index in [4.69, 9.17) is 9.47 Å². The van der Waals surface area contributed by atoms with Crippen molar-refractivity contribution in [1.29, 1.82) is 0 Å². The molecule has 0 aromatic rings. The van der Waals surface area contributed by atoms with Crippen molar-refractivity contribution in [2.45, 2.75) is 31.6 Å². The summed E-state index contributed by atoms with van der Waals surface area (Å²) in [6.45, 7) is 6.81. The first-order valence-electron chi connectivity index (χ1n) is 6.46. The first-order chi connectivity index (χ1) is 8.69. The Bertz CT molecular complexity index is 447. The fourth-order valence-electron chi connectivity index (χ4n) is 2.28. The van der Waals surface area contributed by atoms with Crippen LogP contribution in [0.15, 0.2) is 0 Å². The van der Waals surface area contributed by atoms with Crippen molar-refractivity contribution in [3.63, 3.8) is 0 Å². The van der Waals surface area contributed by atoms with Crippen molar-refractivity contribution in [3.05, 3.63) is 0 Å². The maximum Gasteiger partial charge on any atom is 0.410 e. The highest BCUT2D eigenvalue weighted by molar-refractivity contribution is 7.92. The highest BCUT2D eigenvalue weighted by atomic mass is 32.2. The Hall–Kier alpha value is -0.820. The second-order valence-corrected chi connectivity index (χ2v) is 8.47. The van der Waals surface area contributed by atoms with Gasteiger partial charge < -0.3 is 14.4 Å². The molecule has 1 atom stereocenters. The molecule has 2 fully saturated rings. The molecule has 0 N–H and O–H groups in total. The third-order valence-electron chi connectivity index (χ3n) is 3.34. The summed E-state index contributed by atoms with van der Waals surface area (Å²) in [6, 6.07) is 0. The minimum atomic E-state index is -3.07. The molecule has 19 heavy (non-hydrogen) atoms. The lowest BCUT2D eigenvalue weighted by atomic mass is 9.97.